The molecule has 2 aromatic carbocycles. The molecule has 2 nitrogen and oxygen atoms in total. The lowest BCUT2D eigenvalue weighted by molar-refractivity contribution is 0.201. The van der Waals surface area contributed by atoms with E-state index in [1.807, 2.05) is 18.2 Å². The van der Waals surface area contributed by atoms with Crippen LogP contribution in [0.1, 0.15) is 74.7 Å². The van der Waals surface area contributed by atoms with Crippen LogP contribution in [0.4, 0.5) is 0 Å². The fourth-order valence-electron chi connectivity index (χ4n) is 3.58. The van der Waals surface area contributed by atoms with Crippen molar-refractivity contribution in [2.45, 2.75) is 64.4 Å². The number of aryl methyl sites for hydroxylation is 1. The molecule has 0 spiro atoms. The van der Waals surface area contributed by atoms with Crippen LogP contribution in [-0.4, -0.2) is 5.11 Å². The van der Waals surface area contributed by atoms with E-state index in [4.69, 9.17) is 16.3 Å². The van der Waals surface area contributed by atoms with E-state index in [1.54, 1.807) is 12.1 Å². The fraction of sp³-hybridized carbons (Fsp3) is 0.455. The van der Waals surface area contributed by atoms with Crippen molar-refractivity contribution in [3.05, 3.63) is 58.1 Å². The third kappa shape index (κ3) is 4.37. The molecule has 134 valence electrons. The minimum atomic E-state index is -0.642. The summed E-state index contributed by atoms with van der Waals surface area (Å²) in [7, 11) is 0. The Labute approximate surface area is 155 Å². The Kier molecular flexibility index (Phi) is 6.39. The number of unbranched alkanes of at least 4 members (excludes halogenated alkanes) is 6. The predicted molar refractivity (Wildman–Crippen MR) is 104 cm³/mol. The number of fused-ring (bicyclic) bond motifs is 2. The molecule has 1 aliphatic heterocycles. The summed E-state index contributed by atoms with van der Waals surface area (Å²) < 4.78 is 6.00. The molecule has 0 bridgehead atoms. The first-order valence-corrected chi connectivity index (χ1v) is 9.85. The number of ether oxygens (including phenoxy) is 1. The van der Waals surface area contributed by atoms with Gasteiger partial charge >= 0.3 is 0 Å². The molecule has 3 rings (SSSR count). The molecular formula is C22H27ClO2. The number of hydrogen-bond acceptors (Lipinski definition) is 2. The number of aliphatic hydroxyl groups excluding tert-OH is 1. The Morgan fingerprint density at radius 2 is 1.72 bits per heavy atom. The van der Waals surface area contributed by atoms with Gasteiger partial charge in [0.2, 0.25) is 0 Å². The zero-order chi connectivity index (χ0) is 17.6. The van der Waals surface area contributed by atoms with Gasteiger partial charge in [0, 0.05) is 16.1 Å². The van der Waals surface area contributed by atoms with Crippen molar-refractivity contribution in [1.82, 2.24) is 0 Å². The number of rotatable bonds is 8. The summed E-state index contributed by atoms with van der Waals surface area (Å²) >= 11 is 6.05. The van der Waals surface area contributed by atoms with Crippen LogP contribution in [0, 0.1) is 0 Å². The van der Waals surface area contributed by atoms with Crippen LogP contribution < -0.4 is 4.74 Å². The first-order chi connectivity index (χ1) is 12.2. The maximum absolute atomic E-state index is 10.9. The second-order valence-electron chi connectivity index (χ2n) is 6.89. The van der Waals surface area contributed by atoms with E-state index < -0.39 is 6.10 Å². The molecule has 0 saturated carbocycles. The molecular weight excluding hydrogens is 332 g/mol. The topological polar surface area (TPSA) is 29.5 Å². The van der Waals surface area contributed by atoms with E-state index in [0.717, 1.165) is 29.7 Å². The summed E-state index contributed by atoms with van der Waals surface area (Å²) in [6.07, 6.45) is 9.37. The monoisotopic (exact) mass is 358 g/mol. The number of benzene rings is 2. The summed E-state index contributed by atoms with van der Waals surface area (Å²) in [6.45, 7) is 2.25. The van der Waals surface area contributed by atoms with Crippen molar-refractivity contribution < 1.29 is 9.84 Å². The molecule has 0 saturated heterocycles. The highest BCUT2D eigenvalue weighted by atomic mass is 35.5. The lowest BCUT2D eigenvalue weighted by atomic mass is 9.90. The zero-order valence-electron chi connectivity index (χ0n) is 14.9. The van der Waals surface area contributed by atoms with Crippen molar-refractivity contribution in [3.8, 4) is 11.5 Å². The van der Waals surface area contributed by atoms with E-state index in [2.05, 4.69) is 13.0 Å². The van der Waals surface area contributed by atoms with Crippen LogP contribution in [0.15, 0.2) is 36.4 Å². The van der Waals surface area contributed by atoms with Crippen molar-refractivity contribution in [3.63, 3.8) is 0 Å². The van der Waals surface area contributed by atoms with E-state index in [0.29, 0.717) is 10.8 Å². The Hall–Kier alpha value is -1.51. The van der Waals surface area contributed by atoms with E-state index in [-0.39, 0.29) is 0 Å². The van der Waals surface area contributed by atoms with Gasteiger partial charge in [-0.3, -0.25) is 0 Å². The van der Waals surface area contributed by atoms with Gasteiger partial charge < -0.3 is 9.84 Å². The van der Waals surface area contributed by atoms with Gasteiger partial charge in [-0.25, -0.2) is 0 Å². The lowest BCUT2D eigenvalue weighted by Crippen LogP contribution is -2.12. The third-order valence-electron chi connectivity index (χ3n) is 4.97. The minimum absolute atomic E-state index is 0.619. The van der Waals surface area contributed by atoms with Gasteiger partial charge in [-0.2, -0.15) is 0 Å². The summed E-state index contributed by atoms with van der Waals surface area (Å²) in [5, 5.41) is 11.5. The number of aliphatic hydroxyl groups is 1. The minimum Gasteiger partial charge on any atom is -0.457 e. The van der Waals surface area contributed by atoms with Gasteiger partial charge in [0.1, 0.15) is 17.6 Å². The average Bonchev–Trinajstić information content (AvgIpc) is 2.60. The Morgan fingerprint density at radius 1 is 0.960 bits per heavy atom. The second-order valence-corrected chi connectivity index (χ2v) is 7.32. The van der Waals surface area contributed by atoms with Gasteiger partial charge in [-0.05, 0) is 36.6 Å². The molecule has 25 heavy (non-hydrogen) atoms. The molecule has 0 radical (unpaired) electrons. The smallest absolute Gasteiger partial charge is 0.135 e. The van der Waals surface area contributed by atoms with Crippen LogP contribution in [0.2, 0.25) is 5.02 Å². The normalized spacial score (nSPS) is 15.4. The Bertz CT molecular complexity index is 711. The molecule has 1 N–H and O–H groups in total. The largest absolute Gasteiger partial charge is 0.457 e. The van der Waals surface area contributed by atoms with Crippen LogP contribution in [0.3, 0.4) is 0 Å². The van der Waals surface area contributed by atoms with Crippen molar-refractivity contribution in [1.29, 1.82) is 0 Å². The van der Waals surface area contributed by atoms with Gasteiger partial charge in [-0.15, -0.1) is 0 Å². The van der Waals surface area contributed by atoms with Crippen LogP contribution in [-0.2, 0) is 6.42 Å². The third-order valence-corrected chi connectivity index (χ3v) is 5.20. The van der Waals surface area contributed by atoms with E-state index in [9.17, 15) is 5.11 Å². The van der Waals surface area contributed by atoms with E-state index >= 15 is 0 Å². The highest BCUT2D eigenvalue weighted by Gasteiger charge is 2.27. The number of hydrogen-bond donors (Lipinski definition) is 1. The Balaban J connectivity index is 1.66. The summed E-state index contributed by atoms with van der Waals surface area (Å²) in [4.78, 5) is 0. The predicted octanol–water partition coefficient (Wildman–Crippen LogP) is 6.82. The van der Waals surface area contributed by atoms with Gasteiger partial charge in [0.05, 0.1) is 0 Å². The molecule has 0 fully saturated rings. The summed E-state index contributed by atoms with van der Waals surface area (Å²) in [5.41, 5.74) is 2.91. The highest BCUT2D eigenvalue weighted by molar-refractivity contribution is 6.30. The maximum Gasteiger partial charge on any atom is 0.135 e. The average molecular weight is 359 g/mol. The quantitative estimate of drug-likeness (QED) is 0.524. The molecule has 0 amide bonds. The van der Waals surface area contributed by atoms with Gasteiger partial charge in [-0.1, -0.05) is 75.2 Å². The summed E-state index contributed by atoms with van der Waals surface area (Å²) in [5.74, 6) is 1.41. The lowest BCUT2D eigenvalue weighted by Gasteiger charge is -2.27. The van der Waals surface area contributed by atoms with Crippen LogP contribution in [0.25, 0.3) is 0 Å². The van der Waals surface area contributed by atoms with Crippen molar-refractivity contribution in [2.24, 2.45) is 0 Å². The Morgan fingerprint density at radius 3 is 2.52 bits per heavy atom. The molecule has 3 heteroatoms. The molecule has 2 aromatic rings. The maximum atomic E-state index is 10.9. The van der Waals surface area contributed by atoms with Crippen molar-refractivity contribution >= 4 is 11.6 Å². The highest BCUT2D eigenvalue weighted by Crippen LogP contribution is 2.45. The van der Waals surface area contributed by atoms with Crippen molar-refractivity contribution in [2.75, 3.05) is 0 Å². The van der Waals surface area contributed by atoms with Crippen LogP contribution in [0.5, 0.6) is 11.5 Å². The zero-order valence-corrected chi connectivity index (χ0v) is 15.7. The second kappa shape index (κ2) is 8.73. The first-order valence-electron chi connectivity index (χ1n) is 9.48. The molecule has 1 aliphatic rings. The SMILES string of the molecule is CCCCCCCCCc1cccc2c1C(O)c1ccc(Cl)cc1O2. The molecule has 1 atom stereocenters. The molecule has 0 aromatic heterocycles. The summed E-state index contributed by atoms with van der Waals surface area (Å²) in [6, 6.07) is 11.5. The molecule has 1 unspecified atom stereocenters. The molecule has 0 aliphatic carbocycles. The van der Waals surface area contributed by atoms with Gasteiger partial charge in [0.25, 0.3) is 0 Å². The standard InChI is InChI=1S/C22H27ClO2/c1-2-3-4-5-6-7-8-10-16-11-9-12-19-21(16)22(24)18-14-13-17(23)15-20(18)25-19/h9,11-15,22,24H,2-8,10H2,1H3. The van der Waals surface area contributed by atoms with Gasteiger partial charge in [0.15, 0.2) is 0 Å². The van der Waals surface area contributed by atoms with E-state index in [1.165, 1.54) is 44.1 Å². The fourth-order valence-corrected chi connectivity index (χ4v) is 3.74. The van der Waals surface area contributed by atoms with Crippen LogP contribution >= 0.6 is 11.6 Å². The first kappa shape index (κ1) is 18.3. The number of halogens is 1. The molecule has 1 heterocycles.